The Hall–Kier alpha value is -1.26. The highest BCUT2D eigenvalue weighted by Crippen LogP contribution is 2.25. The lowest BCUT2D eigenvalue weighted by Crippen LogP contribution is -2.42. The summed E-state index contributed by atoms with van der Waals surface area (Å²) < 4.78 is 0. The Labute approximate surface area is 118 Å². The summed E-state index contributed by atoms with van der Waals surface area (Å²) in [6.45, 7) is 2.50. The maximum atomic E-state index is 12.4. The van der Waals surface area contributed by atoms with E-state index in [1.165, 1.54) is 12.1 Å². The van der Waals surface area contributed by atoms with Crippen LogP contribution in [0.1, 0.15) is 23.2 Å². The number of benzene rings is 1. The molecule has 0 spiro atoms. The fourth-order valence-electron chi connectivity index (χ4n) is 2.53. The highest BCUT2D eigenvalue weighted by Gasteiger charge is 2.24. The molecule has 4 nitrogen and oxygen atoms in total. The van der Waals surface area contributed by atoms with E-state index in [-0.39, 0.29) is 16.7 Å². The zero-order valence-electron chi connectivity index (χ0n) is 11.0. The number of phenolic OH excluding ortho intramolecular Hbond substituents is 1. The van der Waals surface area contributed by atoms with Gasteiger partial charge in [-0.25, -0.2) is 0 Å². The van der Waals surface area contributed by atoms with Crippen molar-refractivity contribution < 1.29 is 9.90 Å². The first-order valence-electron chi connectivity index (χ1n) is 6.54. The molecule has 1 aliphatic heterocycles. The number of carbonyl (C=O) groups is 1. The number of nitrogens with zero attached hydrogens (tertiary/aromatic N) is 1. The summed E-state index contributed by atoms with van der Waals surface area (Å²) >= 11 is 5.84. The zero-order chi connectivity index (χ0) is 13.8. The van der Waals surface area contributed by atoms with E-state index < -0.39 is 0 Å². The van der Waals surface area contributed by atoms with E-state index in [0.717, 1.165) is 32.5 Å². The van der Waals surface area contributed by atoms with Crippen molar-refractivity contribution in [1.82, 2.24) is 10.2 Å². The van der Waals surface area contributed by atoms with Crippen molar-refractivity contribution in [1.29, 1.82) is 0 Å². The van der Waals surface area contributed by atoms with E-state index in [1.807, 2.05) is 11.9 Å². The summed E-state index contributed by atoms with van der Waals surface area (Å²) in [5, 5.41) is 12.8. The van der Waals surface area contributed by atoms with Crippen molar-refractivity contribution in [2.75, 3.05) is 26.7 Å². The monoisotopic (exact) mass is 282 g/mol. The van der Waals surface area contributed by atoms with Gasteiger partial charge in [0.2, 0.25) is 0 Å². The normalized spacial score (nSPS) is 19.5. The molecule has 1 fully saturated rings. The molecular formula is C14H19ClN2O2. The Balaban J connectivity index is 2.08. The molecule has 1 aromatic carbocycles. The first kappa shape index (κ1) is 14.2. The standard InChI is InChI=1S/C14H19ClN2O2/c1-16-8-10-3-2-6-17(9-10)14(19)11-4-5-13(18)12(15)7-11/h4-5,7,10,16,18H,2-3,6,8-9H2,1H3. The second-order valence-corrected chi connectivity index (χ2v) is 5.39. The third kappa shape index (κ3) is 3.39. The van der Waals surface area contributed by atoms with Gasteiger partial charge < -0.3 is 15.3 Å². The fourth-order valence-corrected chi connectivity index (χ4v) is 2.71. The molecule has 1 unspecified atom stereocenters. The van der Waals surface area contributed by atoms with Crippen molar-refractivity contribution in [2.45, 2.75) is 12.8 Å². The SMILES string of the molecule is CNCC1CCCN(C(=O)c2ccc(O)c(Cl)c2)C1. The topological polar surface area (TPSA) is 52.6 Å². The van der Waals surface area contributed by atoms with Crippen molar-refractivity contribution >= 4 is 17.5 Å². The van der Waals surface area contributed by atoms with E-state index in [4.69, 9.17) is 11.6 Å². The van der Waals surface area contributed by atoms with Gasteiger partial charge in [0.25, 0.3) is 5.91 Å². The van der Waals surface area contributed by atoms with Crippen LogP contribution in [0.3, 0.4) is 0 Å². The van der Waals surface area contributed by atoms with Gasteiger partial charge >= 0.3 is 0 Å². The molecular weight excluding hydrogens is 264 g/mol. The van der Waals surface area contributed by atoms with Gasteiger partial charge in [-0.1, -0.05) is 11.6 Å². The van der Waals surface area contributed by atoms with Gasteiger partial charge in [-0.3, -0.25) is 4.79 Å². The Morgan fingerprint density at radius 1 is 1.58 bits per heavy atom. The molecule has 5 heteroatoms. The van der Waals surface area contributed by atoms with Gasteiger partial charge in [0.1, 0.15) is 5.75 Å². The minimum atomic E-state index is -0.0114. The Kier molecular flexibility index (Phi) is 4.66. The number of halogens is 1. The minimum absolute atomic E-state index is 0.00456. The fraction of sp³-hybridized carbons (Fsp3) is 0.500. The van der Waals surface area contributed by atoms with Crippen molar-refractivity contribution in [3.63, 3.8) is 0 Å². The van der Waals surface area contributed by atoms with E-state index in [2.05, 4.69) is 5.32 Å². The van der Waals surface area contributed by atoms with Crippen LogP contribution in [0.5, 0.6) is 5.75 Å². The zero-order valence-corrected chi connectivity index (χ0v) is 11.8. The number of hydrogen-bond acceptors (Lipinski definition) is 3. The summed E-state index contributed by atoms with van der Waals surface area (Å²) in [4.78, 5) is 14.2. The molecule has 2 rings (SSSR count). The number of hydrogen-bond donors (Lipinski definition) is 2. The summed E-state index contributed by atoms with van der Waals surface area (Å²) in [5.74, 6) is 0.503. The molecule has 0 bridgehead atoms. The highest BCUT2D eigenvalue weighted by atomic mass is 35.5. The predicted molar refractivity (Wildman–Crippen MR) is 75.7 cm³/mol. The average molecular weight is 283 g/mol. The summed E-state index contributed by atoms with van der Waals surface area (Å²) in [6, 6.07) is 4.61. The number of rotatable bonds is 3. The van der Waals surface area contributed by atoms with E-state index in [9.17, 15) is 9.90 Å². The summed E-state index contributed by atoms with van der Waals surface area (Å²) in [6.07, 6.45) is 2.19. The molecule has 104 valence electrons. The molecule has 0 radical (unpaired) electrons. The van der Waals surface area contributed by atoms with Gasteiger partial charge in [-0.05, 0) is 50.6 Å². The molecule has 1 amide bonds. The van der Waals surface area contributed by atoms with Crippen LogP contribution in [-0.2, 0) is 0 Å². The third-order valence-corrected chi connectivity index (χ3v) is 3.80. The largest absolute Gasteiger partial charge is 0.506 e. The molecule has 0 saturated carbocycles. The molecule has 19 heavy (non-hydrogen) atoms. The average Bonchev–Trinajstić information content (AvgIpc) is 2.42. The maximum Gasteiger partial charge on any atom is 0.253 e. The molecule has 1 heterocycles. The quantitative estimate of drug-likeness (QED) is 0.893. The van der Waals surface area contributed by atoms with E-state index >= 15 is 0 Å². The lowest BCUT2D eigenvalue weighted by atomic mass is 9.97. The Bertz CT molecular complexity index is 463. The van der Waals surface area contributed by atoms with Gasteiger partial charge in [-0.15, -0.1) is 0 Å². The Morgan fingerprint density at radius 3 is 3.05 bits per heavy atom. The van der Waals surface area contributed by atoms with Crippen molar-refractivity contribution in [2.24, 2.45) is 5.92 Å². The van der Waals surface area contributed by atoms with Gasteiger partial charge in [0.05, 0.1) is 5.02 Å². The molecule has 0 aliphatic carbocycles. The Morgan fingerprint density at radius 2 is 2.37 bits per heavy atom. The smallest absolute Gasteiger partial charge is 0.253 e. The molecule has 1 saturated heterocycles. The number of phenols is 1. The van der Waals surface area contributed by atoms with Crippen molar-refractivity contribution in [3.8, 4) is 5.75 Å². The number of amides is 1. The van der Waals surface area contributed by atoms with E-state index in [1.54, 1.807) is 6.07 Å². The van der Waals surface area contributed by atoms with Crippen LogP contribution in [0.25, 0.3) is 0 Å². The van der Waals surface area contributed by atoms with Crippen LogP contribution in [0.4, 0.5) is 0 Å². The van der Waals surface area contributed by atoms with Gasteiger partial charge in [0, 0.05) is 18.7 Å². The first-order valence-corrected chi connectivity index (χ1v) is 6.92. The van der Waals surface area contributed by atoms with Crippen molar-refractivity contribution in [3.05, 3.63) is 28.8 Å². The van der Waals surface area contributed by atoms with Gasteiger partial charge in [-0.2, -0.15) is 0 Å². The van der Waals surface area contributed by atoms with Crippen LogP contribution < -0.4 is 5.32 Å². The second kappa shape index (κ2) is 6.26. The number of likely N-dealkylation sites (tertiary alicyclic amines) is 1. The lowest BCUT2D eigenvalue weighted by molar-refractivity contribution is 0.0674. The summed E-state index contributed by atoms with van der Waals surface area (Å²) in [7, 11) is 1.93. The number of piperidine rings is 1. The number of carbonyl (C=O) groups excluding carboxylic acids is 1. The van der Waals surface area contributed by atoms with Crippen LogP contribution in [0.15, 0.2) is 18.2 Å². The summed E-state index contributed by atoms with van der Waals surface area (Å²) in [5.41, 5.74) is 0.535. The van der Waals surface area contributed by atoms with Gasteiger partial charge in [0.15, 0.2) is 0 Å². The van der Waals surface area contributed by atoms with Crippen LogP contribution >= 0.6 is 11.6 Å². The third-order valence-electron chi connectivity index (χ3n) is 3.49. The molecule has 1 aliphatic rings. The number of nitrogens with one attached hydrogen (secondary N) is 1. The van der Waals surface area contributed by atoms with Crippen LogP contribution in [0, 0.1) is 5.92 Å². The lowest BCUT2D eigenvalue weighted by Gasteiger charge is -2.32. The second-order valence-electron chi connectivity index (χ2n) is 4.98. The maximum absolute atomic E-state index is 12.4. The number of aromatic hydroxyl groups is 1. The molecule has 2 N–H and O–H groups in total. The molecule has 0 aromatic heterocycles. The molecule has 1 aromatic rings. The first-order chi connectivity index (χ1) is 9.11. The highest BCUT2D eigenvalue weighted by molar-refractivity contribution is 6.32. The molecule has 1 atom stereocenters. The predicted octanol–water partition coefficient (Wildman–Crippen LogP) is 2.12. The van der Waals surface area contributed by atoms with E-state index in [0.29, 0.717) is 11.5 Å². The van der Waals surface area contributed by atoms with Crippen LogP contribution in [0.2, 0.25) is 5.02 Å². The van der Waals surface area contributed by atoms with Crippen LogP contribution in [-0.4, -0.2) is 42.6 Å². The minimum Gasteiger partial charge on any atom is -0.506 e.